The fourth-order valence-electron chi connectivity index (χ4n) is 5.22. The molecule has 4 N–H and O–H groups in total. The molecule has 2 fully saturated rings. The summed E-state index contributed by atoms with van der Waals surface area (Å²) in [6.45, 7) is 4.88. The number of amides is 1. The van der Waals surface area contributed by atoms with Crippen molar-refractivity contribution in [2.45, 2.75) is 76.2 Å². The van der Waals surface area contributed by atoms with Crippen molar-refractivity contribution < 1.29 is 27.4 Å². The Balaban J connectivity index is 1.55. The van der Waals surface area contributed by atoms with E-state index < -0.39 is 17.8 Å². The first-order valence-electron chi connectivity index (χ1n) is 13.2. The van der Waals surface area contributed by atoms with Crippen LogP contribution in [0.2, 0.25) is 0 Å². The number of fused-ring (bicyclic) bond motifs is 1. The van der Waals surface area contributed by atoms with Gasteiger partial charge in [-0.25, -0.2) is 14.8 Å². The zero-order valence-electron chi connectivity index (χ0n) is 22.2. The summed E-state index contributed by atoms with van der Waals surface area (Å²) in [6.07, 6.45) is 2.42. The number of halogens is 3. The normalized spacial score (nSPS) is 19.7. The SMILES string of the molecule is COC(=O)Nc1ccc2c(-c3nc(N[C@H]4CCC(C)(C)NC4)ncc3C(F)(F)F)c[nH]c2c1OC1CCCC1. The van der Waals surface area contributed by atoms with E-state index in [9.17, 15) is 18.0 Å². The molecule has 9 nitrogen and oxygen atoms in total. The molecule has 0 spiro atoms. The molecule has 3 aromatic rings. The highest BCUT2D eigenvalue weighted by Crippen LogP contribution is 2.43. The van der Waals surface area contributed by atoms with Gasteiger partial charge < -0.3 is 25.1 Å². The summed E-state index contributed by atoms with van der Waals surface area (Å²) >= 11 is 0. The first-order valence-corrected chi connectivity index (χ1v) is 13.2. The minimum Gasteiger partial charge on any atom is -0.486 e. The Morgan fingerprint density at radius 1 is 1.18 bits per heavy atom. The van der Waals surface area contributed by atoms with Gasteiger partial charge in [0, 0.05) is 41.5 Å². The number of nitrogens with one attached hydrogen (secondary N) is 4. The number of carbonyl (C=O) groups is 1. The number of hydrogen-bond donors (Lipinski definition) is 4. The molecule has 39 heavy (non-hydrogen) atoms. The van der Waals surface area contributed by atoms with E-state index in [4.69, 9.17) is 9.47 Å². The second-order valence-corrected chi connectivity index (χ2v) is 10.8. The van der Waals surface area contributed by atoms with Crippen LogP contribution in [0.25, 0.3) is 22.2 Å². The predicted octanol–water partition coefficient (Wildman–Crippen LogP) is 6.09. The average Bonchev–Trinajstić information content (AvgIpc) is 3.56. The van der Waals surface area contributed by atoms with Gasteiger partial charge in [0.1, 0.15) is 5.56 Å². The van der Waals surface area contributed by atoms with E-state index in [1.165, 1.54) is 13.3 Å². The van der Waals surface area contributed by atoms with E-state index in [0.29, 0.717) is 28.9 Å². The van der Waals surface area contributed by atoms with Gasteiger partial charge in [0.2, 0.25) is 5.95 Å². The molecule has 1 saturated heterocycles. The van der Waals surface area contributed by atoms with Crippen molar-refractivity contribution in [1.29, 1.82) is 0 Å². The minimum absolute atomic E-state index is 0.00817. The van der Waals surface area contributed by atoms with E-state index in [1.54, 1.807) is 12.1 Å². The highest BCUT2D eigenvalue weighted by atomic mass is 19.4. The molecule has 12 heteroatoms. The molecule has 210 valence electrons. The number of aromatic amines is 1. The fourth-order valence-corrected chi connectivity index (χ4v) is 5.22. The lowest BCUT2D eigenvalue weighted by Gasteiger charge is -2.36. The second-order valence-electron chi connectivity index (χ2n) is 10.8. The van der Waals surface area contributed by atoms with Gasteiger partial charge in [0.05, 0.1) is 30.1 Å². The van der Waals surface area contributed by atoms with Crippen LogP contribution in [0, 0.1) is 0 Å². The van der Waals surface area contributed by atoms with Gasteiger partial charge in [0.25, 0.3) is 0 Å². The maximum atomic E-state index is 14.1. The summed E-state index contributed by atoms with van der Waals surface area (Å²) in [4.78, 5) is 23.4. The van der Waals surface area contributed by atoms with E-state index >= 15 is 0 Å². The van der Waals surface area contributed by atoms with Crippen molar-refractivity contribution in [3.63, 3.8) is 0 Å². The van der Waals surface area contributed by atoms with Crippen molar-refractivity contribution in [2.24, 2.45) is 0 Å². The van der Waals surface area contributed by atoms with Crippen molar-refractivity contribution >= 4 is 28.6 Å². The van der Waals surface area contributed by atoms with Crippen LogP contribution in [0.15, 0.2) is 24.5 Å². The van der Waals surface area contributed by atoms with Crippen LogP contribution in [0.3, 0.4) is 0 Å². The maximum absolute atomic E-state index is 14.1. The molecule has 0 unspecified atom stereocenters. The number of ether oxygens (including phenoxy) is 2. The largest absolute Gasteiger partial charge is 0.486 e. The quantitative estimate of drug-likeness (QED) is 0.296. The van der Waals surface area contributed by atoms with Gasteiger partial charge in [-0.1, -0.05) is 0 Å². The van der Waals surface area contributed by atoms with Crippen LogP contribution in [-0.4, -0.2) is 52.4 Å². The summed E-state index contributed by atoms with van der Waals surface area (Å²) in [5.41, 5.74) is -0.0858. The number of benzene rings is 1. The van der Waals surface area contributed by atoms with Crippen molar-refractivity contribution in [3.05, 3.63) is 30.1 Å². The number of hydrogen-bond acceptors (Lipinski definition) is 7. The number of piperidine rings is 1. The Morgan fingerprint density at radius 3 is 2.62 bits per heavy atom. The molecule has 1 atom stereocenters. The highest BCUT2D eigenvalue weighted by molar-refractivity contribution is 6.03. The lowest BCUT2D eigenvalue weighted by Crippen LogP contribution is -2.50. The molecule has 2 aliphatic rings. The van der Waals surface area contributed by atoms with Gasteiger partial charge in [0.15, 0.2) is 5.75 Å². The molecule has 1 saturated carbocycles. The Morgan fingerprint density at radius 2 is 1.95 bits per heavy atom. The van der Waals surface area contributed by atoms with E-state index in [0.717, 1.165) is 44.7 Å². The number of rotatable bonds is 6. The van der Waals surface area contributed by atoms with Crippen LogP contribution in [0.1, 0.15) is 57.9 Å². The Kier molecular flexibility index (Phi) is 7.32. The van der Waals surface area contributed by atoms with Crippen molar-refractivity contribution in [3.8, 4) is 17.0 Å². The third kappa shape index (κ3) is 5.90. The number of H-pyrrole nitrogens is 1. The Hall–Kier alpha value is -3.54. The van der Waals surface area contributed by atoms with Gasteiger partial charge >= 0.3 is 12.3 Å². The molecule has 1 aliphatic carbocycles. The summed E-state index contributed by atoms with van der Waals surface area (Å²) in [5, 5.41) is 9.75. The average molecular weight is 547 g/mol. The van der Waals surface area contributed by atoms with Crippen LogP contribution in [0.5, 0.6) is 5.75 Å². The Bertz CT molecular complexity index is 1340. The van der Waals surface area contributed by atoms with Crippen molar-refractivity contribution in [1.82, 2.24) is 20.3 Å². The molecular formula is C27H33F3N6O3. The first kappa shape index (κ1) is 27.0. The maximum Gasteiger partial charge on any atom is 0.419 e. The summed E-state index contributed by atoms with van der Waals surface area (Å²) in [6, 6.07) is 3.23. The molecule has 1 aromatic carbocycles. The fraction of sp³-hybridized carbons (Fsp3) is 0.519. The predicted molar refractivity (Wildman–Crippen MR) is 142 cm³/mol. The minimum atomic E-state index is -4.66. The third-order valence-electron chi connectivity index (χ3n) is 7.44. The van der Waals surface area contributed by atoms with Crippen LogP contribution in [0.4, 0.5) is 29.6 Å². The molecule has 5 rings (SSSR count). The topological polar surface area (TPSA) is 113 Å². The zero-order chi connectivity index (χ0) is 27.8. The summed E-state index contributed by atoms with van der Waals surface area (Å²) in [5.74, 6) is 0.484. The number of anilines is 2. The molecule has 0 radical (unpaired) electrons. The molecule has 1 aliphatic heterocycles. The lowest BCUT2D eigenvalue weighted by molar-refractivity contribution is -0.137. The molecule has 2 aromatic heterocycles. The number of methoxy groups -OCH3 is 1. The van der Waals surface area contributed by atoms with Crippen LogP contribution < -0.4 is 20.7 Å². The van der Waals surface area contributed by atoms with E-state index in [1.807, 2.05) is 0 Å². The number of carbonyl (C=O) groups excluding carboxylic acids is 1. The molecule has 3 heterocycles. The molecule has 0 bridgehead atoms. The summed E-state index contributed by atoms with van der Waals surface area (Å²) < 4.78 is 53.3. The number of aromatic nitrogens is 3. The van der Waals surface area contributed by atoms with Gasteiger partial charge in [-0.2, -0.15) is 13.2 Å². The Labute approximate surface area is 224 Å². The lowest BCUT2D eigenvalue weighted by atomic mass is 9.91. The standard InChI is InChI=1S/C27H33F3N6O3/c1-26(2)11-10-15(12-33-26)34-24-32-14-19(27(28,29)30)21(36-24)18-13-31-22-17(18)8-9-20(35-25(37)38-3)23(22)39-16-6-4-5-7-16/h8-9,13-16,31,33H,4-7,10-12H2,1-3H3,(H,35,37)(H,32,34,36)/t15-/m0/s1. The monoisotopic (exact) mass is 546 g/mol. The molecular weight excluding hydrogens is 513 g/mol. The number of nitrogens with zero attached hydrogens (tertiary/aromatic N) is 2. The summed E-state index contributed by atoms with van der Waals surface area (Å²) in [7, 11) is 1.25. The smallest absolute Gasteiger partial charge is 0.419 e. The van der Waals surface area contributed by atoms with Gasteiger partial charge in [-0.05, 0) is 64.5 Å². The van der Waals surface area contributed by atoms with Crippen LogP contribution in [-0.2, 0) is 10.9 Å². The first-order chi connectivity index (χ1) is 18.5. The second kappa shape index (κ2) is 10.6. The molecule has 1 amide bonds. The third-order valence-corrected chi connectivity index (χ3v) is 7.44. The van der Waals surface area contributed by atoms with Gasteiger partial charge in [-0.15, -0.1) is 0 Å². The number of alkyl halides is 3. The van der Waals surface area contributed by atoms with Crippen molar-refractivity contribution in [2.75, 3.05) is 24.3 Å². The zero-order valence-corrected chi connectivity index (χ0v) is 22.2. The van der Waals surface area contributed by atoms with Gasteiger partial charge in [-0.3, -0.25) is 5.32 Å². The van der Waals surface area contributed by atoms with E-state index in [-0.39, 0.29) is 34.9 Å². The van der Waals surface area contributed by atoms with Crippen LogP contribution >= 0.6 is 0 Å². The highest BCUT2D eigenvalue weighted by Gasteiger charge is 2.37. The van der Waals surface area contributed by atoms with E-state index in [2.05, 4.69) is 44.7 Å².